The molecule has 1 amide bonds. The van der Waals surface area contributed by atoms with Crippen molar-refractivity contribution in [2.75, 3.05) is 18.0 Å². The number of guanidine groups is 1. The Balaban J connectivity index is 1.57. The molecule has 0 aromatic heterocycles. The van der Waals surface area contributed by atoms with E-state index in [9.17, 15) is 9.59 Å². The van der Waals surface area contributed by atoms with Crippen molar-refractivity contribution >= 4 is 23.5 Å². The molecule has 0 saturated carbocycles. The first-order valence-corrected chi connectivity index (χ1v) is 14.9. The first kappa shape index (κ1) is 31.6. The smallest absolute Gasteiger partial charge is 0.320 e. The first-order valence-electron chi connectivity index (χ1n) is 14.9. The highest BCUT2D eigenvalue weighted by Crippen LogP contribution is 2.38. The largest absolute Gasteiger partial charge is 0.480 e. The number of benzene rings is 3. The van der Waals surface area contributed by atoms with Crippen LogP contribution in [0.5, 0.6) is 11.5 Å². The molecule has 0 aliphatic carbocycles. The molecule has 43 heavy (non-hydrogen) atoms. The van der Waals surface area contributed by atoms with Crippen LogP contribution in [0.3, 0.4) is 0 Å². The summed E-state index contributed by atoms with van der Waals surface area (Å²) in [5, 5.41) is 12.2. The normalized spacial score (nSPS) is 15.0. The van der Waals surface area contributed by atoms with Crippen molar-refractivity contribution in [3.05, 3.63) is 89.0 Å². The lowest BCUT2D eigenvalue weighted by Crippen LogP contribution is -2.33. The van der Waals surface area contributed by atoms with Crippen LogP contribution in [0.15, 0.2) is 71.7 Å². The molecule has 6 N–H and O–H groups in total. The molecule has 4 rings (SSSR count). The summed E-state index contributed by atoms with van der Waals surface area (Å²) in [4.78, 5) is 30.3. The molecule has 9 heteroatoms. The number of anilines is 1. The molecule has 228 valence electrons. The van der Waals surface area contributed by atoms with Crippen LogP contribution in [0.2, 0.25) is 0 Å². The molecule has 1 atom stereocenters. The number of aliphatic imine (C=N–C) groups is 1. The fourth-order valence-corrected chi connectivity index (χ4v) is 5.25. The molecule has 9 nitrogen and oxygen atoms in total. The number of carbonyl (C=O) groups is 2. The van der Waals surface area contributed by atoms with E-state index in [4.69, 9.17) is 21.3 Å². The lowest BCUT2D eigenvalue weighted by Gasteiger charge is -2.28. The van der Waals surface area contributed by atoms with Crippen molar-refractivity contribution in [2.24, 2.45) is 16.5 Å². The summed E-state index contributed by atoms with van der Waals surface area (Å²) < 4.78 is 6.61. The zero-order valence-corrected chi connectivity index (χ0v) is 25.3. The van der Waals surface area contributed by atoms with Gasteiger partial charge in [0.1, 0.15) is 17.5 Å². The molecule has 1 fully saturated rings. The van der Waals surface area contributed by atoms with E-state index in [-0.39, 0.29) is 17.8 Å². The Kier molecular flexibility index (Phi) is 10.4. The Morgan fingerprint density at radius 2 is 1.60 bits per heavy atom. The summed E-state index contributed by atoms with van der Waals surface area (Å²) in [5.74, 6) is -0.0637. The number of hydrogen-bond donors (Lipinski definition) is 4. The van der Waals surface area contributed by atoms with Crippen molar-refractivity contribution in [3.63, 3.8) is 0 Å². The van der Waals surface area contributed by atoms with E-state index in [0.717, 1.165) is 54.2 Å². The Hall–Kier alpha value is -4.37. The molecular weight excluding hydrogens is 542 g/mol. The number of carbonyl (C=O) groups excluding carboxylic acids is 1. The summed E-state index contributed by atoms with van der Waals surface area (Å²) in [6, 6.07) is 19.7. The summed E-state index contributed by atoms with van der Waals surface area (Å²) >= 11 is 0. The standard InChI is InChI=1S/C34H43N5O4/c1-34(2,3)26-11-6-7-13-30(26)43-29-14-10-12-28(39-19-8-4-5-9-20-39)25(29)22-37-33(36)38-31(40)24-17-15-23(16-18-24)21-27(35)32(41)42/h6-7,10-18,27H,4-5,8-9,19-22,35H2,1-3H3,(H,41,42)(H3,36,37,38,40)/t27-/m0/s1. The average Bonchev–Trinajstić information content (AvgIpc) is 3.26. The average molecular weight is 586 g/mol. The molecule has 3 aromatic rings. The summed E-state index contributed by atoms with van der Waals surface area (Å²) in [7, 11) is 0. The Morgan fingerprint density at radius 1 is 0.953 bits per heavy atom. The lowest BCUT2D eigenvalue weighted by atomic mass is 9.86. The minimum absolute atomic E-state index is 0.00585. The predicted molar refractivity (Wildman–Crippen MR) is 171 cm³/mol. The maximum absolute atomic E-state index is 12.8. The van der Waals surface area contributed by atoms with E-state index >= 15 is 0 Å². The number of carboxylic acid groups (broad SMARTS) is 1. The quantitative estimate of drug-likeness (QED) is 0.194. The number of hydrogen-bond acceptors (Lipinski definition) is 5. The Bertz CT molecular complexity index is 1440. The van der Waals surface area contributed by atoms with Gasteiger partial charge in [-0.25, -0.2) is 0 Å². The van der Waals surface area contributed by atoms with Gasteiger partial charge >= 0.3 is 5.97 Å². The molecule has 1 saturated heterocycles. The topological polar surface area (TPSA) is 143 Å². The third-order valence-corrected chi connectivity index (χ3v) is 7.61. The highest BCUT2D eigenvalue weighted by atomic mass is 16.5. The van der Waals surface area contributed by atoms with Crippen LogP contribution in [0.25, 0.3) is 0 Å². The number of para-hydroxylation sites is 1. The van der Waals surface area contributed by atoms with Gasteiger partial charge in [0.2, 0.25) is 0 Å². The van der Waals surface area contributed by atoms with Gasteiger partial charge in [-0.3, -0.25) is 9.59 Å². The monoisotopic (exact) mass is 585 g/mol. The highest BCUT2D eigenvalue weighted by Gasteiger charge is 2.22. The van der Waals surface area contributed by atoms with Gasteiger partial charge in [-0.05, 0) is 60.6 Å². The number of aliphatic carboxylic acids is 1. The fraction of sp³-hybridized carbons (Fsp3) is 0.382. The van der Waals surface area contributed by atoms with Gasteiger partial charge in [-0.1, -0.05) is 70.0 Å². The fourth-order valence-electron chi connectivity index (χ4n) is 5.25. The second-order valence-corrected chi connectivity index (χ2v) is 12.0. The number of rotatable bonds is 9. The minimum atomic E-state index is -1.08. The van der Waals surface area contributed by atoms with Gasteiger partial charge in [0.25, 0.3) is 5.91 Å². The zero-order chi connectivity index (χ0) is 31.0. The molecule has 0 bridgehead atoms. The lowest BCUT2D eigenvalue weighted by molar-refractivity contribution is -0.138. The van der Waals surface area contributed by atoms with Crippen LogP contribution in [0.1, 0.15) is 73.5 Å². The zero-order valence-electron chi connectivity index (χ0n) is 25.3. The van der Waals surface area contributed by atoms with E-state index in [0.29, 0.717) is 17.7 Å². The van der Waals surface area contributed by atoms with Gasteiger partial charge in [0, 0.05) is 42.0 Å². The number of amides is 1. The maximum Gasteiger partial charge on any atom is 0.320 e. The second-order valence-electron chi connectivity index (χ2n) is 12.0. The maximum atomic E-state index is 12.8. The third-order valence-electron chi connectivity index (χ3n) is 7.61. The van der Waals surface area contributed by atoms with E-state index in [1.165, 1.54) is 12.8 Å². The van der Waals surface area contributed by atoms with Crippen molar-refractivity contribution in [1.29, 1.82) is 0 Å². The summed E-state index contributed by atoms with van der Waals surface area (Å²) in [5.41, 5.74) is 15.9. The van der Waals surface area contributed by atoms with Crippen LogP contribution in [-0.4, -0.2) is 42.1 Å². The van der Waals surface area contributed by atoms with Gasteiger partial charge < -0.3 is 31.5 Å². The molecule has 1 aliphatic rings. The molecule has 1 aliphatic heterocycles. The van der Waals surface area contributed by atoms with Gasteiger partial charge in [-0.2, -0.15) is 4.99 Å². The van der Waals surface area contributed by atoms with Crippen LogP contribution >= 0.6 is 0 Å². The number of ether oxygens (including phenoxy) is 1. The summed E-state index contributed by atoms with van der Waals surface area (Å²) in [6.07, 6.45) is 4.86. The van der Waals surface area contributed by atoms with Crippen molar-refractivity contribution in [3.8, 4) is 11.5 Å². The van der Waals surface area contributed by atoms with E-state index in [2.05, 4.69) is 48.1 Å². The van der Waals surface area contributed by atoms with Crippen molar-refractivity contribution in [1.82, 2.24) is 5.32 Å². The predicted octanol–water partition coefficient (Wildman–Crippen LogP) is 5.36. The van der Waals surface area contributed by atoms with Crippen LogP contribution in [0, 0.1) is 0 Å². The summed E-state index contributed by atoms with van der Waals surface area (Å²) in [6.45, 7) is 8.73. The second kappa shape index (κ2) is 14.2. The molecular formula is C34H43N5O4. The van der Waals surface area contributed by atoms with Crippen LogP contribution < -0.4 is 26.4 Å². The molecule has 3 aromatic carbocycles. The van der Waals surface area contributed by atoms with Crippen molar-refractivity contribution < 1.29 is 19.4 Å². The number of nitrogens with zero attached hydrogens (tertiary/aromatic N) is 2. The van der Waals surface area contributed by atoms with Crippen LogP contribution in [-0.2, 0) is 23.2 Å². The van der Waals surface area contributed by atoms with Gasteiger partial charge in [0.15, 0.2) is 5.96 Å². The SMILES string of the molecule is CC(C)(C)c1ccccc1Oc1cccc(N2CCCCCC2)c1CN/C(N)=N/C(=O)c1ccc(C[C@H](N)C(=O)O)cc1. The number of nitrogens with two attached hydrogens (primary N) is 2. The van der Waals surface area contributed by atoms with E-state index in [1.54, 1.807) is 24.3 Å². The van der Waals surface area contributed by atoms with Crippen LogP contribution in [0.4, 0.5) is 5.69 Å². The van der Waals surface area contributed by atoms with Crippen molar-refractivity contribution in [2.45, 2.75) is 70.9 Å². The van der Waals surface area contributed by atoms with Gasteiger partial charge in [-0.15, -0.1) is 0 Å². The first-order chi connectivity index (χ1) is 20.5. The highest BCUT2D eigenvalue weighted by molar-refractivity contribution is 6.02. The molecule has 1 heterocycles. The molecule has 0 unspecified atom stereocenters. The third kappa shape index (κ3) is 8.58. The van der Waals surface area contributed by atoms with E-state index < -0.39 is 17.9 Å². The minimum Gasteiger partial charge on any atom is -0.480 e. The Morgan fingerprint density at radius 3 is 2.26 bits per heavy atom. The van der Waals surface area contributed by atoms with Gasteiger partial charge in [0.05, 0.1) is 0 Å². The van der Waals surface area contributed by atoms with E-state index in [1.807, 2.05) is 30.3 Å². The number of nitrogens with one attached hydrogen (secondary N) is 1. The number of carboxylic acids is 1. The molecule has 0 spiro atoms. The molecule has 0 radical (unpaired) electrons. The Labute approximate surface area is 253 Å².